The SMILES string of the molecule is Cc1nc(C#N)c(N2CCN(C(=O)CSc3nnc(-c4ccccc4F)n3C3CC3)CC2)o1. The van der Waals surface area contributed by atoms with Gasteiger partial charge in [-0.3, -0.25) is 9.36 Å². The lowest BCUT2D eigenvalue weighted by molar-refractivity contribution is -0.128. The predicted molar refractivity (Wildman–Crippen MR) is 119 cm³/mol. The van der Waals surface area contributed by atoms with Crippen molar-refractivity contribution in [2.45, 2.75) is 31.0 Å². The minimum absolute atomic E-state index is 0.00620. The molecular formula is C22H22FN7O2S. The van der Waals surface area contributed by atoms with Crippen LogP contribution < -0.4 is 4.90 Å². The normalized spacial score (nSPS) is 16.2. The van der Waals surface area contributed by atoms with Crippen molar-refractivity contribution in [1.82, 2.24) is 24.6 Å². The average molecular weight is 468 g/mol. The molecule has 3 aromatic rings. The Morgan fingerprint density at radius 3 is 2.70 bits per heavy atom. The van der Waals surface area contributed by atoms with E-state index in [1.54, 1.807) is 30.0 Å². The number of nitriles is 1. The van der Waals surface area contributed by atoms with E-state index in [9.17, 15) is 14.4 Å². The largest absolute Gasteiger partial charge is 0.424 e. The Morgan fingerprint density at radius 2 is 2.00 bits per heavy atom. The summed E-state index contributed by atoms with van der Waals surface area (Å²) in [6.07, 6.45) is 1.99. The number of amides is 1. The molecule has 1 amide bonds. The first kappa shape index (κ1) is 21.5. The van der Waals surface area contributed by atoms with Gasteiger partial charge in [0, 0.05) is 39.1 Å². The third-order valence-corrected chi connectivity index (χ3v) is 6.69. The molecule has 2 fully saturated rings. The van der Waals surface area contributed by atoms with Crippen LogP contribution in [0.15, 0.2) is 33.8 Å². The third-order valence-electron chi connectivity index (χ3n) is 5.76. The van der Waals surface area contributed by atoms with Crippen LogP contribution in [0, 0.1) is 24.1 Å². The number of carbonyl (C=O) groups is 1. The number of oxazole rings is 1. The van der Waals surface area contributed by atoms with Crippen molar-refractivity contribution in [3.05, 3.63) is 41.7 Å². The van der Waals surface area contributed by atoms with Crippen LogP contribution in [0.1, 0.15) is 30.5 Å². The van der Waals surface area contributed by atoms with E-state index in [4.69, 9.17) is 4.42 Å². The average Bonchev–Trinajstić information content (AvgIpc) is 3.47. The Morgan fingerprint density at radius 1 is 1.24 bits per heavy atom. The molecule has 9 nitrogen and oxygen atoms in total. The van der Waals surface area contributed by atoms with Crippen LogP contribution in [-0.4, -0.2) is 62.5 Å². The number of aromatic nitrogens is 4. The molecular weight excluding hydrogens is 445 g/mol. The lowest BCUT2D eigenvalue weighted by Gasteiger charge is -2.34. The van der Waals surface area contributed by atoms with Crippen molar-refractivity contribution in [2.75, 3.05) is 36.8 Å². The summed E-state index contributed by atoms with van der Waals surface area (Å²) in [5.41, 5.74) is 0.693. The number of carbonyl (C=O) groups excluding carboxylic acids is 1. The number of rotatable bonds is 6. The number of thioether (sulfide) groups is 1. The molecule has 0 unspecified atom stereocenters. The second-order valence-electron chi connectivity index (χ2n) is 8.04. The highest BCUT2D eigenvalue weighted by Gasteiger charge is 2.32. The maximum Gasteiger partial charge on any atom is 0.234 e. The summed E-state index contributed by atoms with van der Waals surface area (Å²) in [4.78, 5) is 20.7. The molecule has 1 aromatic carbocycles. The molecule has 2 aliphatic rings. The fraction of sp³-hybridized carbons (Fsp3) is 0.409. The molecule has 1 aliphatic heterocycles. The molecule has 33 heavy (non-hydrogen) atoms. The highest BCUT2D eigenvalue weighted by molar-refractivity contribution is 7.99. The van der Waals surface area contributed by atoms with Crippen LogP contribution in [0.3, 0.4) is 0 Å². The van der Waals surface area contributed by atoms with Gasteiger partial charge in [-0.05, 0) is 25.0 Å². The first-order chi connectivity index (χ1) is 16.0. The van der Waals surface area contributed by atoms with E-state index in [1.807, 2.05) is 9.47 Å². The summed E-state index contributed by atoms with van der Waals surface area (Å²) >= 11 is 1.34. The molecule has 1 saturated carbocycles. The van der Waals surface area contributed by atoms with Crippen molar-refractivity contribution < 1.29 is 13.6 Å². The number of piperazine rings is 1. The molecule has 1 saturated heterocycles. The molecule has 0 N–H and O–H groups in total. The topological polar surface area (TPSA) is 104 Å². The molecule has 5 rings (SSSR count). The molecule has 2 aromatic heterocycles. The van der Waals surface area contributed by atoms with Crippen molar-refractivity contribution in [1.29, 1.82) is 5.26 Å². The van der Waals surface area contributed by atoms with Gasteiger partial charge in [0.15, 0.2) is 16.9 Å². The van der Waals surface area contributed by atoms with Gasteiger partial charge < -0.3 is 14.2 Å². The summed E-state index contributed by atoms with van der Waals surface area (Å²) in [7, 11) is 0. The van der Waals surface area contributed by atoms with Gasteiger partial charge in [0.05, 0.1) is 11.3 Å². The molecule has 170 valence electrons. The molecule has 11 heteroatoms. The van der Waals surface area contributed by atoms with Gasteiger partial charge in [0.25, 0.3) is 0 Å². The van der Waals surface area contributed by atoms with E-state index in [0.29, 0.717) is 54.5 Å². The van der Waals surface area contributed by atoms with Crippen molar-refractivity contribution in [2.24, 2.45) is 0 Å². The second kappa shape index (κ2) is 8.86. The van der Waals surface area contributed by atoms with Crippen LogP contribution in [0.4, 0.5) is 10.3 Å². The van der Waals surface area contributed by atoms with Gasteiger partial charge in [0.1, 0.15) is 11.9 Å². The summed E-state index contributed by atoms with van der Waals surface area (Å²) < 4.78 is 21.9. The Kier molecular flexibility index (Phi) is 5.76. The number of hydrogen-bond donors (Lipinski definition) is 0. The fourth-order valence-electron chi connectivity index (χ4n) is 3.94. The van der Waals surface area contributed by atoms with Crippen LogP contribution in [0.25, 0.3) is 11.4 Å². The van der Waals surface area contributed by atoms with E-state index >= 15 is 0 Å². The Hall–Kier alpha value is -3.39. The third kappa shape index (κ3) is 4.30. The molecule has 0 atom stereocenters. The van der Waals surface area contributed by atoms with Gasteiger partial charge in [0.2, 0.25) is 17.5 Å². The quantitative estimate of drug-likeness (QED) is 0.510. The van der Waals surface area contributed by atoms with Crippen LogP contribution in [0.2, 0.25) is 0 Å². The van der Waals surface area contributed by atoms with Gasteiger partial charge in [-0.15, -0.1) is 10.2 Å². The number of anilines is 1. The maximum absolute atomic E-state index is 14.3. The first-order valence-corrected chi connectivity index (χ1v) is 11.8. The minimum Gasteiger partial charge on any atom is -0.424 e. The number of nitrogens with zero attached hydrogens (tertiary/aromatic N) is 7. The maximum atomic E-state index is 14.3. The number of aryl methyl sites for hydroxylation is 1. The van der Waals surface area contributed by atoms with Gasteiger partial charge in [-0.2, -0.15) is 5.26 Å². The Balaban J connectivity index is 1.23. The Bertz CT molecular complexity index is 1220. The van der Waals surface area contributed by atoms with Crippen LogP contribution in [0.5, 0.6) is 0 Å². The standard InChI is InChI=1S/C22H22FN7O2S/c1-14-25-18(12-24)21(32-14)29-10-8-28(9-11-29)19(31)13-33-22-27-26-20(30(22)15-6-7-15)16-4-2-3-5-17(16)23/h2-5,15H,6-11,13H2,1H3. The highest BCUT2D eigenvalue weighted by atomic mass is 32.2. The monoisotopic (exact) mass is 467 g/mol. The Labute approximate surface area is 194 Å². The highest BCUT2D eigenvalue weighted by Crippen LogP contribution is 2.41. The lowest BCUT2D eigenvalue weighted by Crippen LogP contribution is -2.49. The molecule has 0 bridgehead atoms. The fourth-order valence-corrected chi connectivity index (χ4v) is 4.85. The summed E-state index contributed by atoms with van der Waals surface area (Å²) in [5, 5.41) is 18.4. The molecule has 3 heterocycles. The van der Waals surface area contributed by atoms with Crippen LogP contribution >= 0.6 is 11.8 Å². The summed E-state index contributed by atoms with van der Waals surface area (Å²) in [5.74, 6) is 1.33. The van der Waals surface area contributed by atoms with Crippen molar-refractivity contribution in [3.8, 4) is 17.5 Å². The van der Waals surface area contributed by atoms with Gasteiger partial charge in [-0.25, -0.2) is 9.37 Å². The number of benzene rings is 1. The van der Waals surface area contributed by atoms with Gasteiger partial charge >= 0.3 is 0 Å². The van der Waals surface area contributed by atoms with Crippen LogP contribution in [-0.2, 0) is 4.79 Å². The second-order valence-corrected chi connectivity index (χ2v) is 8.98. The van der Waals surface area contributed by atoms with Crippen molar-refractivity contribution >= 4 is 23.6 Å². The van der Waals surface area contributed by atoms with E-state index in [-0.39, 0.29) is 29.2 Å². The zero-order chi connectivity index (χ0) is 22.9. The van der Waals surface area contributed by atoms with E-state index < -0.39 is 0 Å². The first-order valence-electron chi connectivity index (χ1n) is 10.8. The zero-order valence-corrected chi connectivity index (χ0v) is 18.9. The van der Waals surface area contributed by atoms with E-state index in [0.717, 1.165) is 12.8 Å². The molecule has 0 spiro atoms. The smallest absolute Gasteiger partial charge is 0.234 e. The predicted octanol–water partition coefficient (Wildman–Crippen LogP) is 3.03. The molecule has 1 aliphatic carbocycles. The minimum atomic E-state index is -0.334. The number of hydrogen-bond acceptors (Lipinski definition) is 8. The van der Waals surface area contributed by atoms with E-state index in [2.05, 4.69) is 21.3 Å². The van der Waals surface area contributed by atoms with E-state index in [1.165, 1.54) is 17.8 Å². The summed E-state index contributed by atoms with van der Waals surface area (Å²) in [6.45, 7) is 3.89. The van der Waals surface area contributed by atoms with Crippen molar-refractivity contribution in [3.63, 3.8) is 0 Å². The zero-order valence-electron chi connectivity index (χ0n) is 18.1. The van der Waals surface area contributed by atoms with Gasteiger partial charge in [-0.1, -0.05) is 23.9 Å². The number of halogens is 1. The lowest BCUT2D eigenvalue weighted by atomic mass is 10.2. The molecule has 0 radical (unpaired) electrons. The summed E-state index contributed by atoms with van der Waals surface area (Å²) in [6, 6.07) is 8.84.